The Morgan fingerprint density at radius 3 is 2.69 bits per heavy atom. The number of carbonyl (C=O) groups is 2. The average molecular weight is 394 g/mol. The Morgan fingerprint density at radius 1 is 1.21 bits per heavy atom. The van der Waals surface area contributed by atoms with Gasteiger partial charge in [-0.25, -0.2) is 4.39 Å². The quantitative estimate of drug-likeness (QED) is 0.697. The highest BCUT2D eigenvalue weighted by Gasteiger charge is 2.27. The average Bonchev–Trinajstić information content (AvgIpc) is 2.96. The number of nitrogens with zero attached hydrogens (tertiary/aromatic N) is 1. The standard InChI is InChI=1S/C23H23FN2O3/c1-14-2-4-15(5-3-14)10-22(27)25-17-7-9-21-19(12-17)18-11-16(24)6-8-20(18)26(21)13-23(28)29/h2-6,8,11,17H,7,9-10,12-13H2,1H3,(H,25,27)(H,28,29)/t17-/m0/s1. The Morgan fingerprint density at radius 2 is 1.97 bits per heavy atom. The lowest BCUT2D eigenvalue weighted by Gasteiger charge is -2.25. The van der Waals surface area contributed by atoms with Crippen molar-refractivity contribution < 1.29 is 19.1 Å². The van der Waals surface area contributed by atoms with Crippen molar-refractivity contribution in [2.75, 3.05) is 0 Å². The fraction of sp³-hybridized carbons (Fsp3) is 0.304. The molecule has 0 radical (unpaired) electrons. The lowest BCUT2D eigenvalue weighted by molar-refractivity contribution is -0.137. The lowest BCUT2D eigenvalue weighted by atomic mass is 9.91. The minimum Gasteiger partial charge on any atom is -0.480 e. The molecular formula is C23H23FN2O3. The van der Waals surface area contributed by atoms with Crippen molar-refractivity contribution in [3.63, 3.8) is 0 Å². The van der Waals surface area contributed by atoms with Crippen LogP contribution in [0.5, 0.6) is 0 Å². The van der Waals surface area contributed by atoms with Crippen LogP contribution >= 0.6 is 0 Å². The number of carbonyl (C=O) groups excluding carboxylic acids is 1. The van der Waals surface area contributed by atoms with Crippen LogP contribution in [0.25, 0.3) is 10.9 Å². The molecule has 0 fully saturated rings. The van der Waals surface area contributed by atoms with Gasteiger partial charge in [-0.15, -0.1) is 0 Å². The molecule has 150 valence electrons. The van der Waals surface area contributed by atoms with Gasteiger partial charge >= 0.3 is 5.97 Å². The highest BCUT2D eigenvalue weighted by Crippen LogP contribution is 2.33. The molecule has 2 aromatic carbocycles. The lowest BCUT2D eigenvalue weighted by Crippen LogP contribution is -2.39. The fourth-order valence-corrected chi connectivity index (χ4v) is 4.23. The molecule has 1 aromatic heterocycles. The fourth-order valence-electron chi connectivity index (χ4n) is 4.23. The van der Waals surface area contributed by atoms with Crippen molar-refractivity contribution in [1.29, 1.82) is 0 Å². The normalized spacial score (nSPS) is 15.9. The van der Waals surface area contributed by atoms with E-state index in [0.717, 1.165) is 39.7 Å². The predicted molar refractivity (Wildman–Crippen MR) is 108 cm³/mol. The first-order valence-electron chi connectivity index (χ1n) is 9.77. The second-order valence-electron chi connectivity index (χ2n) is 7.74. The molecule has 4 rings (SSSR count). The van der Waals surface area contributed by atoms with Crippen molar-refractivity contribution >= 4 is 22.8 Å². The molecular weight excluding hydrogens is 371 g/mol. The number of carboxylic acids is 1. The molecule has 1 atom stereocenters. The number of benzene rings is 2. The number of amides is 1. The van der Waals surface area contributed by atoms with Crippen molar-refractivity contribution in [1.82, 2.24) is 9.88 Å². The molecule has 2 N–H and O–H groups in total. The molecule has 0 spiro atoms. The van der Waals surface area contributed by atoms with Crippen LogP contribution in [0.4, 0.5) is 4.39 Å². The third kappa shape index (κ3) is 4.01. The number of aryl methyl sites for hydroxylation is 1. The summed E-state index contributed by atoms with van der Waals surface area (Å²) in [5.74, 6) is -1.32. The van der Waals surface area contributed by atoms with E-state index in [-0.39, 0.29) is 24.3 Å². The van der Waals surface area contributed by atoms with E-state index in [9.17, 15) is 19.1 Å². The largest absolute Gasteiger partial charge is 0.480 e. The number of halogens is 1. The molecule has 1 aliphatic rings. The predicted octanol–water partition coefficient (Wildman–Crippen LogP) is 3.39. The summed E-state index contributed by atoms with van der Waals surface area (Å²) in [6.07, 6.45) is 2.26. The number of rotatable bonds is 5. The van der Waals surface area contributed by atoms with Gasteiger partial charge in [-0.1, -0.05) is 29.8 Å². The van der Waals surface area contributed by atoms with Crippen molar-refractivity contribution in [3.8, 4) is 0 Å². The van der Waals surface area contributed by atoms with E-state index in [1.807, 2.05) is 31.2 Å². The van der Waals surface area contributed by atoms with Gasteiger partial charge in [0.2, 0.25) is 5.91 Å². The number of aliphatic carboxylic acids is 1. The van der Waals surface area contributed by atoms with Crippen molar-refractivity contribution in [2.45, 2.75) is 45.2 Å². The third-order valence-electron chi connectivity index (χ3n) is 5.57. The first kappa shape index (κ1) is 19.2. The van der Waals surface area contributed by atoms with Gasteiger partial charge in [0.25, 0.3) is 0 Å². The van der Waals surface area contributed by atoms with Crippen LogP contribution in [-0.2, 0) is 35.4 Å². The SMILES string of the molecule is Cc1ccc(CC(=O)N[C@H]2CCc3c(c4cc(F)ccc4n3CC(=O)O)C2)cc1. The molecule has 3 aromatic rings. The maximum Gasteiger partial charge on any atom is 0.323 e. The van der Waals surface area contributed by atoms with E-state index < -0.39 is 5.97 Å². The first-order valence-corrected chi connectivity index (χ1v) is 9.77. The van der Waals surface area contributed by atoms with E-state index in [0.29, 0.717) is 19.3 Å². The number of fused-ring (bicyclic) bond motifs is 3. The Labute approximate surface area is 168 Å². The number of aromatic nitrogens is 1. The highest BCUT2D eigenvalue weighted by molar-refractivity contribution is 5.87. The minimum absolute atomic E-state index is 0.0391. The summed E-state index contributed by atoms with van der Waals surface area (Å²) in [5, 5.41) is 13.1. The Hall–Kier alpha value is -3.15. The summed E-state index contributed by atoms with van der Waals surface area (Å²) in [6, 6.07) is 12.3. The van der Waals surface area contributed by atoms with Gasteiger partial charge in [-0.2, -0.15) is 0 Å². The van der Waals surface area contributed by atoms with Crippen LogP contribution in [0.15, 0.2) is 42.5 Å². The van der Waals surface area contributed by atoms with E-state index in [1.54, 1.807) is 10.6 Å². The maximum absolute atomic E-state index is 13.9. The monoisotopic (exact) mass is 394 g/mol. The number of nitrogens with one attached hydrogen (secondary N) is 1. The Bertz CT molecular complexity index is 1090. The maximum atomic E-state index is 13.9. The van der Waals surface area contributed by atoms with E-state index in [1.165, 1.54) is 12.1 Å². The van der Waals surface area contributed by atoms with Gasteiger partial charge in [-0.3, -0.25) is 9.59 Å². The molecule has 0 aliphatic heterocycles. The second kappa shape index (κ2) is 7.70. The van der Waals surface area contributed by atoms with Gasteiger partial charge in [0.05, 0.1) is 6.42 Å². The van der Waals surface area contributed by atoms with Crippen LogP contribution in [0.1, 0.15) is 28.8 Å². The summed E-state index contributed by atoms with van der Waals surface area (Å²) in [6.45, 7) is 1.86. The van der Waals surface area contributed by atoms with E-state index >= 15 is 0 Å². The van der Waals surface area contributed by atoms with Gasteiger partial charge < -0.3 is 15.0 Å². The van der Waals surface area contributed by atoms with Crippen molar-refractivity contribution in [2.24, 2.45) is 0 Å². The van der Waals surface area contributed by atoms with Crippen LogP contribution in [-0.4, -0.2) is 27.6 Å². The molecule has 6 heteroatoms. The van der Waals surface area contributed by atoms with Gasteiger partial charge in [0.15, 0.2) is 0 Å². The Kier molecular flexibility index (Phi) is 5.09. The molecule has 5 nitrogen and oxygen atoms in total. The van der Waals surface area contributed by atoms with Crippen LogP contribution in [0.3, 0.4) is 0 Å². The summed E-state index contributed by atoms with van der Waals surface area (Å²) >= 11 is 0. The topological polar surface area (TPSA) is 71.3 Å². The van der Waals surface area contributed by atoms with Crippen molar-refractivity contribution in [3.05, 3.63) is 70.7 Å². The zero-order valence-corrected chi connectivity index (χ0v) is 16.2. The van der Waals surface area contributed by atoms with Gasteiger partial charge in [0.1, 0.15) is 12.4 Å². The van der Waals surface area contributed by atoms with Gasteiger partial charge in [-0.05, 0) is 55.5 Å². The molecule has 0 saturated heterocycles. The summed E-state index contributed by atoms with van der Waals surface area (Å²) in [7, 11) is 0. The summed E-state index contributed by atoms with van der Waals surface area (Å²) in [5.41, 5.74) is 4.71. The molecule has 1 aliphatic carbocycles. The first-order chi connectivity index (χ1) is 13.9. The second-order valence-corrected chi connectivity index (χ2v) is 7.74. The number of carboxylic acid groups (broad SMARTS) is 1. The molecule has 1 heterocycles. The van der Waals surface area contributed by atoms with E-state index in [2.05, 4.69) is 5.32 Å². The van der Waals surface area contributed by atoms with Crippen LogP contribution in [0, 0.1) is 12.7 Å². The number of hydrogen-bond donors (Lipinski definition) is 2. The Balaban J connectivity index is 1.55. The summed E-state index contributed by atoms with van der Waals surface area (Å²) in [4.78, 5) is 23.8. The van der Waals surface area contributed by atoms with Crippen LogP contribution in [0.2, 0.25) is 0 Å². The zero-order valence-electron chi connectivity index (χ0n) is 16.2. The molecule has 0 saturated carbocycles. The minimum atomic E-state index is -0.928. The van der Waals surface area contributed by atoms with E-state index in [4.69, 9.17) is 0 Å². The number of hydrogen-bond acceptors (Lipinski definition) is 2. The van der Waals surface area contributed by atoms with Gasteiger partial charge in [0, 0.05) is 22.6 Å². The molecule has 0 unspecified atom stereocenters. The molecule has 1 amide bonds. The smallest absolute Gasteiger partial charge is 0.323 e. The van der Waals surface area contributed by atoms with Crippen LogP contribution < -0.4 is 5.32 Å². The zero-order chi connectivity index (χ0) is 20.5. The summed E-state index contributed by atoms with van der Waals surface area (Å²) < 4.78 is 15.6. The third-order valence-corrected chi connectivity index (χ3v) is 5.57. The molecule has 29 heavy (non-hydrogen) atoms. The molecule has 0 bridgehead atoms. The highest BCUT2D eigenvalue weighted by atomic mass is 19.1.